The van der Waals surface area contributed by atoms with Gasteiger partial charge < -0.3 is 15.5 Å². The molecule has 0 aromatic carbocycles. The van der Waals surface area contributed by atoms with Crippen LogP contribution in [0.25, 0.3) is 0 Å². The molecule has 3 amide bonds. The van der Waals surface area contributed by atoms with Gasteiger partial charge in [-0.25, -0.2) is 4.79 Å². The van der Waals surface area contributed by atoms with E-state index in [0.29, 0.717) is 6.54 Å². The minimum absolute atomic E-state index is 0.0154. The van der Waals surface area contributed by atoms with E-state index in [1.54, 1.807) is 0 Å². The number of piperidine rings is 1. The van der Waals surface area contributed by atoms with Crippen molar-refractivity contribution in [2.24, 2.45) is 0 Å². The maximum Gasteiger partial charge on any atom is 0.317 e. The molecule has 0 aromatic heterocycles. The third-order valence-corrected chi connectivity index (χ3v) is 3.96. The van der Waals surface area contributed by atoms with Gasteiger partial charge in [0.2, 0.25) is 5.91 Å². The van der Waals surface area contributed by atoms with Gasteiger partial charge in [0.25, 0.3) is 0 Å². The standard InChI is InChI=1S/C11H18N4O2/c16-10-9(2-1-3-12-10)14-4-5-15-8(7-14)6-13-11(15)17/h8-9H,1-7H2,(H,12,16)(H,13,17). The Kier molecular flexibility index (Phi) is 2.66. The summed E-state index contributed by atoms with van der Waals surface area (Å²) in [5.74, 6) is 0.155. The molecule has 0 aromatic rings. The molecule has 17 heavy (non-hydrogen) atoms. The normalized spacial score (nSPS) is 34.2. The lowest BCUT2D eigenvalue weighted by Gasteiger charge is -2.41. The molecule has 94 valence electrons. The molecule has 2 unspecified atom stereocenters. The Morgan fingerprint density at radius 2 is 2.06 bits per heavy atom. The van der Waals surface area contributed by atoms with Crippen molar-refractivity contribution in [3.05, 3.63) is 0 Å². The van der Waals surface area contributed by atoms with Gasteiger partial charge in [-0.3, -0.25) is 9.69 Å². The molecule has 3 rings (SSSR count). The number of amides is 3. The molecular formula is C11H18N4O2. The quantitative estimate of drug-likeness (QED) is 0.614. The van der Waals surface area contributed by atoms with E-state index in [1.165, 1.54) is 0 Å². The van der Waals surface area contributed by atoms with E-state index in [4.69, 9.17) is 0 Å². The van der Waals surface area contributed by atoms with E-state index in [9.17, 15) is 9.59 Å². The molecule has 0 spiro atoms. The molecule has 2 N–H and O–H groups in total. The van der Waals surface area contributed by atoms with E-state index in [0.717, 1.165) is 39.0 Å². The fourth-order valence-corrected chi connectivity index (χ4v) is 3.02. The molecule has 3 aliphatic heterocycles. The maximum absolute atomic E-state index is 11.8. The van der Waals surface area contributed by atoms with Crippen molar-refractivity contribution >= 4 is 11.9 Å². The van der Waals surface area contributed by atoms with Crippen LogP contribution in [0, 0.1) is 0 Å². The lowest BCUT2D eigenvalue weighted by atomic mass is 10.0. The van der Waals surface area contributed by atoms with Crippen LogP contribution in [-0.2, 0) is 4.79 Å². The second-order valence-electron chi connectivity index (χ2n) is 4.98. The fourth-order valence-electron chi connectivity index (χ4n) is 3.02. The summed E-state index contributed by atoms with van der Waals surface area (Å²) >= 11 is 0. The summed E-state index contributed by atoms with van der Waals surface area (Å²) in [4.78, 5) is 27.4. The van der Waals surface area contributed by atoms with Crippen molar-refractivity contribution in [2.45, 2.75) is 24.9 Å². The predicted octanol–water partition coefficient (Wildman–Crippen LogP) is -1.03. The first-order valence-electron chi connectivity index (χ1n) is 6.32. The molecule has 0 saturated carbocycles. The van der Waals surface area contributed by atoms with Crippen LogP contribution in [0.5, 0.6) is 0 Å². The van der Waals surface area contributed by atoms with Crippen LogP contribution >= 0.6 is 0 Å². The van der Waals surface area contributed by atoms with Crippen LogP contribution in [0.4, 0.5) is 4.79 Å². The van der Waals surface area contributed by atoms with Gasteiger partial charge in [0.05, 0.1) is 12.1 Å². The number of carbonyl (C=O) groups excluding carboxylic acids is 2. The Bertz CT molecular complexity index is 346. The van der Waals surface area contributed by atoms with Crippen LogP contribution < -0.4 is 10.6 Å². The van der Waals surface area contributed by atoms with Crippen molar-refractivity contribution in [2.75, 3.05) is 32.7 Å². The molecule has 3 heterocycles. The van der Waals surface area contributed by atoms with Gasteiger partial charge in [-0.2, -0.15) is 0 Å². The fraction of sp³-hybridized carbons (Fsp3) is 0.818. The van der Waals surface area contributed by atoms with Crippen LogP contribution in [0.15, 0.2) is 0 Å². The highest BCUT2D eigenvalue weighted by Crippen LogP contribution is 2.19. The molecule has 3 fully saturated rings. The smallest absolute Gasteiger partial charge is 0.317 e. The summed E-state index contributed by atoms with van der Waals surface area (Å²) in [6.45, 7) is 3.88. The summed E-state index contributed by atoms with van der Waals surface area (Å²) in [7, 11) is 0. The SMILES string of the molecule is O=C1NCCCC1N1CCN2C(=O)NCC2C1. The third kappa shape index (κ3) is 1.86. The van der Waals surface area contributed by atoms with Crippen LogP contribution in [0.2, 0.25) is 0 Å². The second kappa shape index (κ2) is 4.18. The number of piperazine rings is 1. The molecule has 6 nitrogen and oxygen atoms in total. The number of hydrogen-bond acceptors (Lipinski definition) is 3. The summed E-state index contributed by atoms with van der Waals surface area (Å²) in [5.41, 5.74) is 0. The van der Waals surface area contributed by atoms with Crippen molar-refractivity contribution in [1.29, 1.82) is 0 Å². The first-order chi connectivity index (χ1) is 8.25. The number of rotatable bonds is 1. The summed E-state index contributed by atoms with van der Waals surface area (Å²) in [6, 6.07) is 0.301. The van der Waals surface area contributed by atoms with Gasteiger partial charge >= 0.3 is 6.03 Å². The van der Waals surface area contributed by atoms with Crippen molar-refractivity contribution in [3.8, 4) is 0 Å². The first kappa shape index (κ1) is 10.8. The number of hydrogen-bond donors (Lipinski definition) is 2. The number of nitrogens with zero attached hydrogens (tertiary/aromatic N) is 2. The van der Waals surface area contributed by atoms with E-state index in [-0.39, 0.29) is 24.0 Å². The molecule has 0 aliphatic carbocycles. The number of urea groups is 1. The topological polar surface area (TPSA) is 64.7 Å². The average molecular weight is 238 g/mol. The molecular weight excluding hydrogens is 220 g/mol. The zero-order chi connectivity index (χ0) is 11.8. The number of fused-ring (bicyclic) bond motifs is 1. The molecule has 0 radical (unpaired) electrons. The van der Waals surface area contributed by atoms with E-state index < -0.39 is 0 Å². The molecule has 6 heteroatoms. The monoisotopic (exact) mass is 238 g/mol. The second-order valence-corrected chi connectivity index (χ2v) is 4.98. The van der Waals surface area contributed by atoms with E-state index in [1.807, 2.05) is 4.90 Å². The lowest BCUT2D eigenvalue weighted by molar-refractivity contribution is -0.129. The Morgan fingerprint density at radius 3 is 2.88 bits per heavy atom. The van der Waals surface area contributed by atoms with E-state index >= 15 is 0 Å². The zero-order valence-electron chi connectivity index (χ0n) is 9.82. The summed E-state index contributed by atoms with van der Waals surface area (Å²) in [6.07, 6.45) is 2.00. The van der Waals surface area contributed by atoms with Gasteiger partial charge in [0.1, 0.15) is 0 Å². The molecule has 2 atom stereocenters. The third-order valence-electron chi connectivity index (χ3n) is 3.96. The van der Waals surface area contributed by atoms with Crippen LogP contribution in [0.3, 0.4) is 0 Å². The summed E-state index contributed by atoms with van der Waals surface area (Å²) in [5, 5.41) is 5.78. The van der Waals surface area contributed by atoms with Crippen LogP contribution in [-0.4, -0.2) is 66.5 Å². The lowest BCUT2D eigenvalue weighted by Crippen LogP contribution is -2.59. The van der Waals surface area contributed by atoms with Crippen molar-refractivity contribution in [1.82, 2.24) is 20.4 Å². The largest absolute Gasteiger partial charge is 0.355 e. The first-order valence-corrected chi connectivity index (χ1v) is 6.32. The minimum Gasteiger partial charge on any atom is -0.355 e. The average Bonchev–Trinajstić information content (AvgIpc) is 2.71. The van der Waals surface area contributed by atoms with Crippen LogP contribution in [0.1, 0.15) is 12.8 Å². The van der Waals surface area contributed by atoms with E-state index in [2.05, 4.69) is 15.5 Å². The van der Waals surface area contributed by atoms with Gasteiger partial charge in [-0.15, -0.1) is 0 Å². The van der Waals surface area contributed by atoms with Gasteiger partial charge in [-0.05, 0) is 12.8 Å². The Labute approximate surface area is 100 Å². The zero-order valence-corrected chi connectivity index (χ0v) is 9.82. The summed E-state index contributed by atoms with van der Waals surface area (Å²) < 4.78 is 0. The predicted molar refractivity (Wildman–Crippen MR) is 61.5 cm³/mol. The molecule has 3 saturated heterocycles. The minimum atomic E-state index is 0.0154. The van der Waals surface area contributed by atoms with Gasteiger partial charge in [0, 0.05) is 32.7 Å². The van der Waals surface area contributed by atoms with Crippen molar-refractivity contribution < 1.29 is 9.59 Å². The molecule has 3 aliphatic rings. The Balaban J connectivity index is 1.66. The number of carbonyl (C=O) groups is 2. The Hall–Kier alpha value is -1.30. The van der Waals surface area contributed by atoms with Gasteiger partial charge in [0.15, 0.2) is 0 Å². The highest BCUT2D eigenvalue weighted by atomic mass is 16.2. The highest BCUT2D eigenvalue weighted by molar-refractivity contribution is 5.82. The maximum atomic E-state index is 11.8. The van der Waals surface area contributed by atoms with Crippen molar-refractivity contribution in [3.63, 3.8) is 0 Å². The molecule has 0 bridgehead atoms. The number of nitrogens with one attached hydrogen (secondary N) is 2. The Morgan fingerprint density at radius 1 is 1.18 bits per heavy atom. The van der Waals surface area contributed by atoms with Gasteiger partial charge in [-0.1, -0.05) is 0 Å². The highest BCUT2D eigenvalue weighted by Gasteiger charge is 2.39.